The Morgan fingerprint density at radius 1 is 1.14 bits per heavy atom. The maximum atomic E-state index is 6.01. The van der Waals surface area contributed by atoms with E-state index in [1.807, 2.05) is 31.2 Å². The van der Waals surface area contributed by atoms with Gasteiger partial charge in [-0.3, -0.25) is 0 Å². The maximum absolute atomic E-state index is 6.01. The molecule has 0 spiro atoms. The third kappa shape index (κ3) is 4.43. The van der Waals surface area contributed by atoms with Crippen molar-refractivity contribution in [1.29, 1.82) is 0 Å². The summed E-state index contributed by atoms with van der Waals surface area (Å²) in [4.78, 5) is 0. The lowest BCUT2D eigenvalue weighted by molar-refractivity contribution is -0.149. The summed E-state index contributed by atoms with van der Waals surface area (Å²) in [6.45, 7) is 6.62. The summed E-state index contributed by atoms with van der Waals surface area (Å²) < 4.78 is 17.0. The molecule has 1 fully saturated rings. The fraction of sp³-hybridized carbons (Fsp3) is 0.647. The summed E-state index contributed by atoms with van der Waals surface area (Å²) in [6, 6.07) is 8.45. The van der Waals surface area contributed by atoms with Crippen LogP contribution in [0.15, 0.2) is 24.3 Å². The average molecular weight is 293 g/mol. The number of benzene rings is 1. The summed E-state index contributed by atoms with van der Waals surface area (Å²) in [5.74, 6) is 0.874. The van der Waals surface area contributed by atoms with E-state index in [2.05, 4.69) is 12.2 Å². The molecule has 1 saturated carbocycles. The van der Waals surface area contributed by atoms with E-state index in [4.69, 9.17) is 14.2 Å². The molecule has 1 aromatic rings. The summed E-state index contributed by atoms with van der Waals surface area (Å²) in [5, 5.41) is 3.53. The molecular formula is C17H27NO3. The van der Waals surface area contributed by atoms with Crippen LogP contribution in [0.5, 0.6) is 5.75 Å². The molecule has 0 aliphatic heterocycles. The molecule has 0 heterocycles. The minimum absolute atomic E-state index is 0.180. The van der Waals surface area contributed by atoms with Crippen LogP contribution in [-0.4, -0.2) is 38.5 Å². The molecule has 0 saturated heterocycles. The molecule has 1 aromatic carbocycles. The van der Waals surface area contributed by atoms with E-state index < -0.39 is 0 Å². The Hall–Kier alpha value is -1.10. The van der Waals surface area contributed by atoms with Crippen LogP contribution in [0, 0.1) is 0 Å². The van der Waals surface area contributed by atoms with Crippen molar-refractivity contribution in [1.82, 2.24) is 5.32 Å². The van der Waals surface area contributed by atoms with Crippen molar-refractivity contribution in [2.75, 3.05) is 20.3 Å². The van der Waals surface area contributed by atoms with Crippen LogP contribution in [0.4, 0.5) is 0 Å². The molecule has 0 aromatic heterocycles. The van der Waals surface area contributed by atoms with Crippen LogP contribution in [0.2, 0.25) is 0 Å². The second kappa shape index (κ2) is 8.37. The average Bonchev–Trinajstić information content (AvgIpc) is 2.51. The summed E-state index contributed by atoms with van der Waals surface area (Å²) in [6.07, 6.45) is 2.55. The minimum atomic E-state index is 0.180. The molecule has 4 nitrogen and oxygen atoms in total. The highest BCUT2D eigenvalue weighted by Crippen LogP contribution is 2.28. The van der Waals surface area contributed by atoms with Gasteiger partial charge in [-0.05, 0) is 44.0 Å². The van der Waals surface area contributed by atoms with Gasteiger partial charge in [0, 0.05) is 12.6 Å². The van der Waals surface area contributed by atoms with Crippen molar-refractivity contribution < 1.29 is 14.2 Å². The highest BCUT2D eigenvalue weighted by molar-refractivity contribution is 5.26. The quantitative estimate of drug-likeness (QED) is 0.760. The molecule has 118 valence electrons. The number of hydrogen-bond acceptors (Lipinski definition) is 4. The van der Waals surface area contributed by atoms with Crippen LogP contribution < -0.4 is 10.1 Å². The van der Waals surface area contributed by atoms with Gasteiger partial charge in [0.05, 0.1) is 25.9 Å². The van der Waals surface area contributed by atoms with Crippen LogP contribution in [0.1, 0.15) is 32.3 Å². The summed E-state index contributed by atoms with van der Waals surface area (Å²) >= 11 is 0. The van der Waals surface area contributed by atoms with Crippen molar-refractivity contribution in [3.05, 3.63) is 29.8 Å². The first kappa shape index (κ1) is 16.3. The molecule has 1 aliphatic rings. The zero-order chi connectivity index (χ0) is 15.1. The van der Waals surface area contributed by atoms with Gasteiger partial charge >= 0.3 is 0 Å². The third-order valence-corrected chi connectivity index (χ3v) is 3.89. The molecule has 1 aliphatic carbocycles. The molecule has 21 heavy (non-hydrogen) atoms. The maximum Gasteiger partial charge on any atom is 0.118 e. The molecule has 4 heteroatoms. The van der Waals surface area contributed by atoms with Gasteiger partial charge in [-0.2, -0.15) is 0 Å². The molecule has 0 amide bonds. The molecule has 0 radical (unpaired) electrons. The molecule has 0 bridgehead atoms. The number of methoxy groups -OCH3 is 1. The Kier molecular flexibility index (Phi) is 6.49. The topological polar surface area (TPSA) is 39.7 Å². The summed E-state index contributed by atoms with van der Waals surface area (Å²) in [7, 11) is 1.68. The van der Waals surface area contributed by atoms with Gasteiger partial charge in [0.15, 0.2) is 0 Å². The Bertz CT molecular complexity index is 407. The molecule has 2 rings (SSSR count). The molecule has 3 unspecified atom stereocenters. The van der Waals surface area contributed by atoms with Gasteiger partial charge in [0.1, 0.15) is 5.75 Å². The van der Waals surface area contributed by atoms with Gasteiger partial charge in [-0.1, -0.05) is 19.1 Å². The zero-order valence-corrected chi connectivity index (χ0v) is 13.3. The fourth-order valence-corrected chi connectivity index (χ4v) is 2.61. The van der Waals surface area contributed by atoms with Crippen LogP contribution in [-0.2, 0) is 16.1 Å². The number of rotatable bonds is 9. The van der Waals surface area contributed by atoms with Crippen molar-refractivity contribution in [3.63, 3.8) is 0 Å². The predicted molar refractivity (Wildman–Crippen MR) is 83.7 cm³/mol. The van der Waals surface area contributed by atoms with Crippen molar-refractivity contribution in [2.45, 2.75) is 51.5 Å². The van der Waals surface area contributed by atoms with E-state index >= 15 is 0 Å². The first-order chi connectivity index (χ1) is 10.3. The smallest absolute Gasteiger partial charge is 0.118 e. The van der Waals surface area contributed by atoms with Gasteiger partial charge in [0.25, 0.3) is 0 Å². The Balaban J connectivity index is 1.79. The molecule has 1 N–H and O–H groups in total. The van der Waals surface area contributed by atoms with Crippen LogP contribution in [0.3, 0.4) is 0 Å². The van der Waals surface area contributed by atoms with E-state index in [0.717, 1.165) is 37.3 Å². The normalized spacial score (nSPS) is 24.6. The summed E-state index contributed by atoms with van der Waals surface area (Å²) in [5.41, 5.74) is 1.16. The van der Waals surface area contributed by atoms with Crippen LogP contribution in [0.25, 0.3) is 0 Å². The second-order valence-corrected chi connectivity index (χ2v) is 5.41. The zero-order valence-electron chi connectivity index (χ0n) is 13.3. The van der Waals surface area contributed by atoms with Crippen LogP contribution >= 0.6 is 0 Å². The van der Waals surface area contributed by atoms with Gasteiger partial charge < -0.3 is 19.5 Å². The van der Waals surface area contributed by atoms with E-state index in [9.17, 15) is 0 Å². The lowest BCUT2D eigenvalue weighted by Crippen LogP contribution is -2.60. The van der Waals surface area contributed by atoms with Crippen molar-refractivity contribution in [2.24, 2.45) is 0 Å². The number of ether oxygens (including phenoxy) is 3. The second-order valence-electron chi connectivity index (χ2n) is 5.41. The third-order valence-electron chi connectivity index (χ3n) is 3.89. The van der Waals surface area contributed by atoms with E-state index in [1.54, 1.807) is 7.11 Å². The van der Waals surface area contributed by atoms with Gasteiger partial charge in [-0.15, -0.1) is 0 Å². The van der Waals surface area contributed by atoms with Gasteiger partial charge in [0.2, 0.25) is 0 Å². The monoisotopic (exact) mass is 293 g/mol. The largest absolute Gasteiger partial charge is 0.497 e. The predicted octanol–water partition coefficient (Wildman–Crippen LogP) is 2.76. The van der Waals surface area contributed by atoms with E-state index in [0.29, 0.717) is 12.6 Å². The highest BCUT2D eigenvalue weighted by Gasteiger charge is 2.42. The van der Waals surface area contributed by atoms with Gasteiger partial charge in [-0.25, -0.2) is 0 Å². The Labute approximate surface area is 127 Å². The van der Waals surface area contributed by atoms with Crippen molar-refractivity contribution >= 4 is 0 Å². The molecular weight excluding hydrogens is 266 g/mol. The lowest BCUT2D eigenvalue weighted by atomic mass is 9.85. The van der Waals surface area contributed by atoms with Crippen molar-refractivity contribution in [3.8, 4) is 5.75 Å². The minimum Gasteiger partial charge on any atom is -0.497 e. The lowest BCUT2D eigenvalue weighted by Gasteiger charge is -2.44. The molecule has 3 atom stereocenters. The van der Waals surface area contributed by atoms with E-state index in [1.165, 1.54) is 0 Å². The first-order valence-electron chi connectivity index (χ1n) is 7.88. The Morgan fingerprint density at radius 3 is 2.52 bits per heavy atom. The highest BCUT2D eigenvalue weighted by atomic mass is 16.5. The Morgan fingerprint density at radius 2 is 1.90 bits per heavy atom. The first-order valence-corrected chi connectivity index (χ1v) is 7.88. The number of nitrogens with one attached hydrogen (secondary N) is 1. The van der Waals surface area contributed by atoms with E-state index in [-0.39, 0.29) is 12.2 Å². The standard InChI is InChI=1S/C17H27NO3/c1-4-10-18-15-11-16(17(15)20-5-2)21-12-13-6-8-14(19-3)9-7-13/h6-9,15-18H,4-5,10-12H2,1-3H3. The SMILES string of the molecule is CCCNC1CC(OCc2ccc(OC)cc2)C1OCC. The number of hydrogen-bond donors (Lipinski definition) is 1. The fourth-order valence-electron chi connectivity index (χ4n) is 2.61.